The fourth-order valence-electron chi connectivity index (χ4n) is 4.79. The number of halogens is 6. The minimum Gasteiger partial charge on any atom is -0.248 e. The second kappa shape index (κ2) is 9.52. The zero-order valence-corrected chi connectivity index (χ0v) is 20.7. The Morgan fingerprint density at radius 2 is 0.900 bits per heavy atom. The maximum Gasteiger partial charge on any atom is 0.416 e. The summed E-state index contributed by atoms with van der Waals surface area (Å²) in [5.74, 6) is 0. The van der Waals surface area contributed by atoms with Crippen molar-refractivity contribution >= 4 is 21.7 Å². The van der Waals surface area contributed by atoms with Crippen molar-refractivity contribution in [3.05, 3.63) is 126 Å². The smallest absolute Gasteiger partial charge is 0.248 e. The van der Waals surface area contributed by atoms with E-state index in [0.717, 1.165) is 50.8 Å². The number of fused-ring (bicyclic) bond motifs is 2. The lowest BCUT2D eigenvalue weighted by atomic mass is 9.95. The third-order valence-corrected chi connectivity index (χ3v) is 6.87. The van der Waals surface area contributed by atoms with Crippen LogP contribution in [0.1, 0.15) is 11.1 Å². The summed E-state index contributed by atoms with van der Waals surface area (Å²) in [6.45, 7) is 0. The molecule has 0 spiro atoms. The van der Waals surface area contributed by atoms with Crippen molar-refractivity contribution in [1.29, 1.82) is 0 Å². The Labute approximate surface area is 225 Å². The fraction of sp³-hybridized carbons (Fsp3) is 0.0606. The zero-order valence-electron chi connectivity index (χ0n) is 20.7. The summed E-state index contributed by atoms with van der Waals surface area (Å²) in [6, 6.07) is 32.0. The molecule has 6 rings (SSSR count). The van der Waals surface area contributed by atoms with Crippen LogP contribution < -0.4 is 0 Å². The summed E-state index contributed by atoms with van der Waals surface area (Å²) in [4.78, 5) is 4.73. The van der Waals surface area contributed by atoms with E-state index in [4.69, 9.17) is 4.98 Å². The van der Waals surface area contributed by atoms with Crippen molar-refractivity contribution < 1.29 is 26.3 Å². The highest BCUT2D eigenvalue weighted by Gasteiger charge is 2.37. The summed E-state index contributed by atoms with van der Waals surface area (Å²) in [5.41, 5.74) is 2.08. The lowest BCUT2D eigenvalue weighted by Crippen LogP contribution is -2.11. The van der Waals surface area contributed by atoms with Gasteiger partial charge in [-0.1, -0.05) is 72.8 Å². The first kappa shape index (κ1) is 25.6. The van der Waals surface area contributed by atoms with E-state index in [1.54, 1.807) is 12.1 Å². The molecule has 6 aromatic rings. The molecule has 0 aliphatic rings. The molecule has 1 aromatic heterocycles. The minimum absolute atomic E-state index is 0.137. The van der Waals surface area contributed by atoms with Gasteiger partial charge in [-0.05, 0) is 75.5 Å². The third-order valence-electron chi connectivity index (χ3n) is 6.87. The second-order valence-electron chi connectivity index (χ2n) is 9.54. The SMILES string of the molecule is FC(F)(F)c1cc(-c2ccc3cc(-c4ccc(-c5ccc6ccccc6n5)cc4)ccc3c2)cc(C(F)(F)F)c1. The molecular formula is C33H19F6N. The Bertz CT molecular complexity index is 1840. The highest BCUT2D eigenvalue weighted by Crippen LogP contribution is 2.39. The van der Waals surface area contributed by atoms with Crippen molar-refractivity contribution in [3.8, 4) is 33.5 Å². The van der Waals surface area contributed by atoms with Crippen LogP contribution in [0.3, 0.4) is 0 Å². The summed E-state index contributed by atoms with van der Waals surface area (Å²) >= 11 is 0. The molecule has 0 aliphatic carbocycles. The standard InChI is InChI=1S/C33H19F6N/c34-32(35,36)28-17-27(18-29(19-28)33(37,38)39)26-12-11-24-15-23(9-10-25(24)16-26)20-5-7-22(8-6-20)31-14-13-21-3-1-2-4-30(21)40-31/h1-19H. The molecule has 0 atom stereocenters. The predicted octanol–water partition coefficient (Wildman–Crippen LogP) is 10.4. The molecule has 0 bridgehead atoms. The van der Waals surface area contributed by atoms with Crippen LogP contribution in [-0.4, -0.2) is 4.98 Å². The lowest BCUT2D eigenvalue weighted by molar-refractivity contribution is -0.143. The summed E-state index contributed by atoms with van der Waals surface area (Å²) in [5, 5.41) is 2.57. The Balaban J connectivity index is 1.32. The molecule has 5 aromatic carbocycles. The van der Waals surface area contributed by atoms with Crippen molar-refractivity contribution in [2.45, 2.75) is 12.4 Å². The second-order valence-corrected chi connectivity index (χ2v) is 9.54. The number of hydrogen-bond acceptors (Lipinski definition) is 1. The lowest BCUT2D eigenvalue weighted by Gasteiger charge is -2.15. The van der Waals surface area contributed by atoms with E-state index in [0.29, 0.717) is 5.39 Å². The fourth-order valence-corrected chi connectivity index (χ4v) is 4.79. The van der Waals surface area contributed by atoms with Crippen LogP contribution in [0.15, 0.2) is 115 Å². The molecule has 0 fully saturated rings. The maximum absolute atomic E-state index is 13.3. The van der Waals surface area contributed by atoms with Crippen LogP contribution in [0, 0.1) is 0 Å². The monoisotopic (exact) mass is 543 g/mol. The largest absolute Gasteiger partial charge is 0.416 e. The number of para-hydroxylation sites is 1. The van der Waals surface area contributed by atoms with Crippen molar-refractivity contribution in [2.75, 3.05) is 0 Å². The molecule has 0 saturated heterocycles. The summed E-state index contributed by atoms with van der Waals surface area (Å²) in [7, 11) is 0. The number of alkyl halides is 6. The topological polar surface area (TPSA) is 12.9 Å². The number of hydrogen-bond donors (Lipinski definition) is 0. The number of pyridine rings is 1. The minimum atomic E-state index is -4.90. The van der Waals surface area contributed by atoms with Gasteiger partial charge in [0.1, 0.15) is 0 Å². The van der Waals surface area contributed by atoms with Crippen molar-refractivity contribution in [1.82, 2.24) is 4.98 Å². The van der Waals surface area contributed by atoms with Gasteiger partial charge in [0.15, 0.2) is 0 Å². The molecule has 0 aliphatic heterocycles. The third kappa shape index (κ3) is 5.02. The van der Waals surface area contributed by atoms with Crippen LogP contribution >= 0.6 is 0 Å². The average molecular weight is 544 g/mol. The van der Waals surface area contributed by atoms with Gasteiger partial charge >= 0.3 is 12.4 Å². The number of aromatic nitrogens is 1. The van der Waals surface area contributed by atoms with Gasteiger partial charge in [-0.25, -0.2) is 4.98 Å². The van der Waals surface area contributed by atoms with Crippen LogP contribution in [0.25, 0.3) is 55.2 Å². The Morgan fingerprint density at radius 3 is 1.50 bits per heavy atom. The first-order valence-corrected chi connectivity index (χ1v) is 12.3. The van der Waals surface area contributed by atoms with Crippen LogP contribution in [0.5, 0.6) is 0 Å². The van der Waals surface area contributed by atoms with E-state index in [9.17, 15) is 26.3 Å². The number of nitrogens with zero attached hydrogens (tertiary/aromatic N) is 1. The molecule has 0 radical (unpaired) electrons. The molecule has 40 heavy (non-hydrogen) atoms. The molecule has 1 nitrogen and oxygen atoms in total. The molecule has 0 saturated carbocycles. The number of rotatable bonds is 3. The van der Waals surface area contributed by atoms with Gasteiger partial charge in [-0.3, -0.25) is 0 Å². The zero-order chi connectivity index (χ0) is 28.1. The van der Waals surface area contributed by atoms with Gasteiger partial charge in [0, 0.05) is 10.9 Å². The first-order chi connectivity index (χ1) is 19.0. The van der Waals surface area contributed by atoms with Crippen LogP contribution in [0.4, 0.5) is 26.3 Å². The average Bonchev–Trinajstić information content (AvgIpc) is 2.95. The molecule has 198 valence electrons. The van der Waals surface area contributed by atoms with E-state index in [1.807, 2.05) is 78.9 Å². The first-order valence-electron chi connectivity index (χ1n) is 12.3. The van der Waals surface area contributed by atoms with E-state index in [-0.39, 0.29) is 17.2 Å². The maximum atomic E-state index is 13.3. The van der Waals surface area contributed by atoms with Gasteiger partial charge in [-0.15, -0.1) is 0 Å². The van der Waals surface area contributed by atoms with Gasteiger partial charge in [-0.2, -0.15) is 26.3 Å². The predicted molar refractivity (Wildman–Crippen MR) is 146 cm³/mol. The molecule has 7 heteroatoms. The molecule has 0 amide bonds. The Kier molecular flexibility index (Phi) is 6.10. The van der Waals surface area contributed by atoms with Gasteiger partial charge in [0.05, 0.1) is 22.3 Å². The van der Waals surface area contributed by atoms with E-state index in [2.05, 4.69) is 0 Å². The highest BCUT2D eigenvalue weighted by atomic mass is 19.4. The van der Waals surface area contributed by atoms with E-state index >= 15 is 0 Å². The summed E-state index contributed by atoms with van der Waals surface area (Å²) < 4.78 is 79.9. The number of benzene rings is 5. The van der Waals surface area contributed by atoms with Crippen LogP contribution in [-0.2, 0) is 12.4 Å². The Hall–Kier alpha value is -4.65. The molecule has 0 unspecified atom stereocenters. The highest BCUT2D eigenvalue weighted by molar-refractivity contribution is 5.91. The quantitative estimate of drug-likeness (QED) is 0.202. The summed E-state index contributed by atoms with van der Waals surface area (Å²) in [6.07, 6.45) is -9.80. The van der Waals surface area contributed by atoms with E-state index < -0.39 is 23.5 Å². The molecule has 0 N–H and O–H groups in total. The van der Waals surface area contributed by atoms with Gasteiger partial charge in [0.2, 0.25) is 0 Å². The Morgan fingerprint density at radius 1 is 0.400 bits per heavy atom. The molecular weight excluding hydrogens is 524 g/mol. The van der Waals surface area contributed by atoms with Crippen LogP contribution in [0.2, 0.25) is 0 Å². The van der Waals surface area contributed by atoms with Crippen molar-refractivity contribution in [2.24, 2.45) is 0 Å². The van der Waals surface area contributed by atoms with Gasteiger partial charge in [0.25, 0.3) is 0 Å². The molecule has 1 heterocycles. The van der Waals surface area contributed by atoms with Gasteiger partial charge < -0.3 is 0 Å². The normalized spacial score (nSPS) is 12.2. The van der Waals surface area contributed by atoms with E-state index in [1.165, 1.54) is 6.07 Å². The van der Waals surface area contributed by atoms with Crippen molar-refractivity contribution in [3.63, 3.8) is 0 Å².